The van der Waals surface area contributed by atoms with Gasteiger partial charge in [-0.1, -0.05) is 105 Å². The van der Waals surface area contributed by atoms with Crippen LogP contribution in [0.1, 0.15) is 11.2 Å². The molecule has 0 radical (unpaired) electrons. The minimum atomic E-state index is -1.84. The van der Waals surface area contributed by atoms with Crippen LogP contribution in [-0.2, 0) is 0 Å². The highest BCUT2D eigenvalue weighted by Crippen LogP contribution is 2.55. The summed E-state index contributed by atoms with van der Waals surface area (Å²) in [5, 5.41) is 4.94. The van der Waals surface area contributed by atoms with E-state index in [1.807, 2.05) is 5.19 Å². The molecule has 0 saturated carbocycles. The van der Waals surface area contributed by atoms with E-state index < -0.39 is 31.3 Å². The third-order valence-electron chi connectivity index (χ3n) is 7.05. The predicted molar refractivity (Wildman–Crippen MR) is 140 cm³/mol. The summed E-state index contributed by atoms with van der Waals surface area (Å²) in [4.78, 5) is 3.61. The summed E-state index contributed by atoms with van der Waals surface area (Å²) in [6.07, 6.45) is 0. The Hall–Kier alpha value is -0.472. The van der Waals surface area contributed by atoms with Crippen molar-refractivity contribution in [2.75, 3.05) is 14.1 Å². The Morgan fingerprint density at radius 1 is 0.786 bits per heavy atom. The maximum absolute atomic E-state index is 2.72. The highest BCUT2D eigenvalue weighted by atomic mass is 29.3. The molecule has 3 rings (SSSR count). The van der Waals surface area contributed by atoms with E-state index in [0.29, 0.717) is 5.67 Å². The molecule has 0 bridgehead atoms. The number of rotatable bonds is 5. The lowest BCUT2D eigenvalue weighted by Gasteiger charge is -2.58. The van der Waals surface area contributed by atoms with Crippen LogP contribution in [0.15, 0.2) is 36.4 Å². The fourth-order valence-electron chi connectivity index (χ4n) is 7.25. The van der Waals surface area contributed by atoms with Crippen molar-refractivity contribution >= 4 is 47.3 Å². The molecule has 1 heterocycles. The van der Waals surface area contributed by atoms with E-state index in [-0.39, 0.29) is 0 Å². The Bertz CT molecular complexity index is 867. The molecule has 1 unspecified atom stereocenters. The van der Waals surface area contributed by atoms with E-state index >= 15 is 0 Å². The van der Waals surface area contributed by atoms with E-state index in [1.165, 1.54) is 5.39 Å². The Labute approximate surface area is 177 Å². The van der Waals surface area contributed by atoms with E-state index in [0.717, 1.165) is 4.79 Å². The molecule has 28 heavy (non-hydrogen) atoms. The van der Waals surface area contributed by atoms with Crippen molar-refractivity contribution in [3.8, 4) is 0 Å². The van der Waals surface area contributed by atoms with Crippen molar-refractivity contribution in [1.29, 1.82) is 0 Å². The molecule has 2 aromatic carbocycles. The van der Waals surface area contributed by atoms with E-state index in [9.17, 15) is 0 Å². The van der Waals surface area contributed by atoms with Crippen molar-refractivity contribution < 1.29 is 0 Å². The molecule has 1 aliphatic heterocycles. The maximum atomic E-state index is 2.72. The Balaban J connectivity index is 2.56. The summed E-state index contributed by atoms with van der Waals surface area (Å²) in [5.74, 6) is 0. The molecule has 0 spiro atoms. The van der Waals surface area contributed by atoms with Gasteiger partial charge in [-0.3, -0.25) is 0 Å². The van der Waals surface area contributed by atoms with E-state index in [4.69, 9.17) is 0 Å². The van der Waals surface area contributed by atoms with Gasteiger partial charge in [0.1, 0.15) is 7.59 Å². The Kier molecular flexibility index (Phi) is 5.37. The van der Waals surface area contributed by atoms with E-state index in [2.05, 4.69) is 114 Å². The van der Waals surface area contributed by atoms with Gasteiger partial charge in [-0.2, -0.15) is 0 Å². The quantitative estimate of drug-likeness (QED) is 0.498. The van der Waals surface area contributed by atoms with Crippen molar-refractivity contribution in [3.63, 3.8) is 0 Å². The zero-order chi connectivity index (χ0) is 21.3. The Morgan fingerprint density at radius 3 is 1.71 bits per heavy atom. The van der Waals surface area contributed by atoms with Crippen molar-refractivity contribution in [3.05, 3.63) is 42.0 Å². The molecule has 0 N–H and O–H groups in total. The molecule has 2 aromatic rings. The standard InChI is InChI=1S/C23H41NSi4/c1-24(2)22-19-16-12-14-18-15-13-17-20(21(18)19)28(22,27(9,10)11)23(25(3,4)5)26(6,7)8/h12-17,22-23H,1-11H3/t22-,28?/m1/s1. The number of nitrogens with zero attached hydrogens (tertiary/aromatic N) is 1. The summed E-state index contributed by atoms with van der Waals surface area (Å²) in [7, 11) is -1.37. The second-order valence-electron chi connectivity index (χ2n) is 12.4. The maximum Gasteiger partial charge on any atom is 0.102 e. The summed E-state index contributed by atoms with van der Waals surface area (Å²) in [6.45, 7) is 24.2. The van der Waals surface area contributed by atoms with Crippen LogP contribution >= 0.6 is 0 Å². The number of hydrogen-bond acceptors (Lipinski definition) is 1. The third-order valence-corrected chi connectivity index (χ3v) is 41.7. The second kappa shape index (κ2) is 6.77. The summed E-state index contributed by atoms with van der Waals surface area (Å²) >= 11 is 0. The SMILES string of the molecule is CN(C)[C@H]1c2cccc3cccc(c23)[Si]1(C([Si](C)(C)C)[Si](C)(C)C)[Si](C)(C)C. The fourth-order valence-corrected chi connectivity index (χ4v) is 61.4. The highest BCUT2D eigenvalue weighted by molar-refractivity contribution is 7.52. The van der Waals surface area contributed by atoms with Gasteiger partial charge in [0.2, 0.25) is 0 Å². The lowest BCUT2D eigenvalue weighted by Crippen LogP contribution is -2.78. The van der Waals surface area contributed by atoms with Gasteiger partial charge in [-0.15, -0.1) is 0 Å². The molecule has 2 atom stereocenters. The average Bonchev–Trinajstić information content (AvgIpc) is 2.78. The van der Waals surface area contributed by atoms with Gasteiger partial charge in [0.15, 0.2) is 0 Å². The molecular formula is C23H41NSi4. The van der Waals surface area contributed by atoms with Crippen molar-refractivity contribution in [2.45, 2.75) is 69.4 Å². The molecule has 1 aliphatic rings. The fraction of sp³-hybridized carbons (Fsp3) is 0.565. The number of hydrogen-bond donors (Lipinski definition) is 0. The second-order valence-corrected chi connectivity index (χ2v) is 39.6. The zero-order valence-corrected chi connectivity index (χ0v) is 24.1. The smallest absolute Gasteiger partial charge is 0.102 e. The topological polar surface area (TPSA) is 3.24 Å². The normalized spacial score (nSPS) is 23.2. The first-order chi connectivity index (χ1) is 12.6. The first-order valence-corrected chi connectivity index (χ1v) is 24.6. The van der Waals surface area contributed by atoms with Crippen LogP contribution in [0.25, 0.3) is 10.8 Å². The molecular weight excluding hydrogens is 403 g/mol. The lowest BCUT2D eigenvalue weighted by molar-refractivity contribution is 0.377. The Morgan fingerprint density at radius 2 is 1.29 bits per heavy atom. The zero-order valence-electron chi connectivity index (χ0n) is 20.1. The highest BCUT2D eigenvalue weighted by Gasteiger charge is 2.66. The minimum absolute atomic E-state index is 0.628. The van der Waals surface area contributed by atoms with Gasteiger partial charge in [-0.25, -0.2) is 0 Å². The van der Waals surface area contributed by atoms with Crippen LogP contribution in [0, 0.1) is 0 Å². The van der Waals surface area contributed by atoms with E-state index in [1.54, 1.807) is 10.9 Å². The van der Waals surface area contributed by atoms with Crippen LogP contribution in [-0.4, -0.2) is 50.3 Å². The molecule has 0 amide bonds. The molecule has 0 aliphatic carbocycles. The van der Waals surface area contributed by atoms with Crippen molar-refractivity contribution in [1.82, 2.24) is 4.90 Å². The summed E-state index contributed by atoms with van der Waals surface area (Å²) in [6, 6.07) is 14.4. The molecule has 1 nitrogen and oxygen atoms in total. The van der Waals surface area contributed by atoms with Gasteiger partial charge in [0.25, 0.3) is 0 Å². The van der Waals surface area contributed by atoms with Crippen LogP contribution in [0.3, 0.4) is 0 Å². The molecule has 5 heteroatoms. The first kappa shape index (κ1) is 22.2. The van der Waals surface area contributed by atoms with Crippen LogP contribution in [0.4, 0.5) is 0 Å². The van der Waals surface area contributed by atoms with Crippen LogP contribution in [0.5, 0.6) is 0 Å². The third kappa shape index (κ3) is 3.09. The van der Waals surface area contributed by atoms with Gasteiger partial charge in [-0.05, 0) is 30.4 Å². The van der Waals surface area contributed by atoms with Gasteiger partial charge in [0, 0.05) is 29.4 Å². The van der Waals surface area contributed by atoms with Gasteiger partial charge in [0.05, 0.1) is 0 Å². The monoisotopic (exact) mass is 443 g/mol. The summed E-state index contributed by atoms with van der Waals surface area (Å²) in [5.41, 5.74) is 2.28. The van der Waals surface area contributed by atoms with Crippen LogP contribution < -0.4 is 5.19 Å². The summed E-state index contributed by atoms with van der Waals surface area (Å²) < 4.78 is 0. The molecule has 0 saturated heterocycles. The average molecular weight is 444 g/mol. The minimum Gasteiger partial charge on any atom is -0.305 e. The first-order valence-electron chi connectivity index (χ1n) is 10.8. The largest absolute Gasteiger partial charge is 0.305 e. The molecule has 0 fully saturated rings. The van der Waals surface area contributed by atoms with Gasteiger partial charge >= 0.3 is 0 Å². The predicted octanol–water partition coefficient (Wildman–Crippen LogP) is 6.19. The molecule has 0 aromatic heterocycles. The number of benzene rings is 2. The lowest BCUT2D eigenvalue weighted by atomic mass is 10.0. The van der Waals surface area contributed by atoms with Crippen LogP contribution in [0.2, 0.25) is 63.7 Å². The molecule has 154 valence electrons. The van der Waals surface area contributed by atoms with Gasteiger partial charge < -0.3 is 4.90 Å². The van der Waals surface area contributed by atoms with Crippen molar-refractivity contribution in [2.24, 2.45) is 0 Å².